The quantitative estimate of drug-likeness (QED) is 0.584. The molecule has 92 valence electrons. The van der Waals surface area contributed by atoms with Crippen molar-refractivity contribution in [1.29, 1.82) is 0 Å². The van der Waals surface area contributed by atoms with Crippen LogP contribution in [-0.2, 0) is 0 Å². The first kappa shape index (κ1) is 17.3. The van der Waals surface area contributed by atoms with Gasteiger partial charge in [0.05, 0.1) is 5.16 Å². The molecule has 0 spiro atoms. The second-order valence-corrected chi connectivity index (χ2v) is 3.31. The summed E-state index contributed by atoms with van der Waals surface area (Å²) in [5, 5.41) is 0.230. The average Bonchev–Trinajstić information content (AvgIpc) is 2.25. The van der Waals surface area contributed by atoms with E-state index in [1.807, 2.05) is 52.8 Å². The van der Waals surface area contributed by atoms with Gasteiger partial charge in [-0.2, -0.15) is 0 Å². The van der Waals surface area contributed by atoms with Gasteiger partial charge in [0.15, 0.2) is 0 Å². The normalized spacial score (nSPS) is 14.4. The van der Waals surface area contributed by atoms with Crippen LogP contribution in [0.25, 0.3) is 0 Å². The van der Waals surface area contributed by atoms with Crippen molar-refractivity contribution in [1.82, 2.24) is 0 Å². The standard InChI is InChI=1S/C11H17ClN2.C2H6/c1-4-6-9(5-2)10(8(3)13)7-11(12)14;1-2/h4-7H,13-14H2,1-3H3;1-2H3/b6-4-,9-5+,10-8+,11-7-;. The SMILES string of the molecule is CC.C\C=C/C(=C\C)C(/C=C(\N)Cl)=C(\C)N. The average molecular weight is 243 g/mol. The van der Waals surface area contributed by atoms with Gasteiger partial charge in [-0.15, -0.1) is 0 Å². The Labute approximate surface area is 104 Å². The smallest absolute Gasteiger partial charge is 0.0998 e. The topological polar surface area (TPSA) is 52.0 Å². The summed E-state index contributed by atoms with van der Waals surface area (Å²) in [7, 11) is 0. The summed E-state index contributed by atoms with van der Waals surface area (Å²) < 4.78 is 0. The molecule has 2 nitrogen and oxygen atoms in total. The third kappa shape index (κ3) is 7.18. The van der Waals surface area contributed by atoms with Crippen LogP contribution in [0.2, 0.25) is 0 Å². The molecular formula is C13H23ClN2. The van der Waals surface area contributed by atoms with Crippen LogP contribution in [0.3, 0.4) is 0 Å². The minimum atomic E-state index is 0.230. The zero-order valence-electron chi connectivity index (χ0n) is 10.8. The Morgan fingerprint density at radius 3 is 1.88 bits per heavy atom. The molecule has 0 saturated carbocycles. The highest BCUT2D eigenvalue weighted by atomic mass is 35.5. The van der Waals surface area contributed by atoms with Crippen molar-refractivity contribution in [2.24, 2.45) is 11.5 Å². The maximum absolute atomic E-state index is 5.74. The second-order valence-electron chi connectivity index (χ2n) is 2.87. The third-order valence-electron chi connectivity index (χ3n) is 1.68. The van der Waals surface area contributed by atoms with Crippen molar-refractivity contribution in [2.75, 3.05) is 0 Å². The predicted octanol–water partition coefficient (Wildman–Crippen LogP) is 3.81. The monoisotopic (exact) mass is 242 g/mol. The highest BCUT2D eigenvalue weighted by molar-refractivity contribution is 6.29. The van der Waals surface area contributed by atoms with E-state index in [1.165, 1.54) is 0 Å². The highest BCUT2D eigenvalue weighted by Crippen LogP contribution is 2.17. The molecule has 0 aliphatic heterocycles. The summed E-state index contributed by atoms with van der Waals surface area (Å²) in [6, 6.07) is 0. The van der Waals surface area contributed by atoms with Crippen molar-refractivity contribution in [3.05, 3.63) is 46.3 Å². The Balaban J connectivity index is 0. The van der Waals surface area contributed by atoms with Crippen LogP contribution in [0.4, 0.5) is 0 Å². The summed E-state index contributed by atoms with van der Waals surface area (Å²) in [4.78, 5) is 0. The molecule has 0 unspecified atom stereocenters. The molecule has 0 fully saturated rings. The van der Waals surface area contributed by atoms with Gasteiger partial charge in [0, 0.05) is 11.3 Å². The molecule has 0 aliphatic rings. The van der Waals surface area contributed by atoms with Crippen molar-refractivity contribution in [3.8, 4) is 0 Å². The van der Waals surface area contributed by atoms with Gasteiger partial charge in [0.2, 0.25) is 0 Å². The van der Waals surface area contributed by atoms with E-state index in [-0.39, 0.29) is 5.16 Å². The third-order valence-corrected chi connectivity index (χ3v) is 1.78. The lowest BCUT2D eigenvalue weighted by Gasteiger charge is -2.06. The molecule has 0 aromatic heterocycles. The number of hydrogen-bond acceptors (Lipinski definition) is 2. The van der Waals surface area contributed by atoms with E-state index < -0.39 is 0 Å². The number of hydrogen-bond donors (Lipinski definition) is 2. The van der Waals surface area contributed by atoms with Gasteiger partial charge < -0.3 is 11.5 Å². The molecule has 0 heterocycles. The number of rotatable bonds is 3. The number of nitrogens with two attached hydrogens (primary N) is 2. The summed E-state index contributed by atoms with van der Waals surface area (Å²) in [5.74, 6) is 0. The van der Waals surface area contributed by atoms with Gasteiger partial charge in [0.1, 0.15) is 0 Å². The Morgan fingerprint density at radius 2 is 1.62 bits per heavy atom. The van der Waals surface area contributed by atoms with Crippen LogP contribution in [0.5, 0.6) is 0 Å². The molecule has 0 aromatic rings. The van der Waals surface area contributed by atoms with Gasteiger partial charge in [-0.1, -0.05) is 43.7 Å². The summed E-state index contributed by atoms with van der Waals surface area (Å²) in [5.41, 5.74) is 13.7. The molecule has 3 heteroatoms. The second kappa shape index (κ2) is 10.4. The Hall–Kier alpha value is -1.15. The predicted molar refractivity (Wildman–Crippen MR) is 74.9 cm³/mol. The van der Waals surface area contributed by atoms with Crippen molar-refractivity contribution >= 4 is 11.6 Å². The van der Waals surface area contributed by atoms with Crippen molar-refractivity contribution in [2.45, 2.75) is 34.6 Å². The summed E-state index contributed by atoms with van der Waals surface area (Å²) in [6.07, 6.45) is 7.52. The first-order chi connectivity index (χ1) is 7.52. The van der Waals surface area contributed by atoms with Gasteiger partial charge in [-0.05, 0) is 32.4 Å². The van der Waals surface area contributed by atoms with E-state index in [0.29, 0.717) is 5.70 Å². The van der Waals surface area contributed by atoms with Crippen molar-refractivity contribution in [3.63, 3.8) is 0 Å². The largest absolute Gasteiger partial charge is 0.402 e. The molecule has 0 aromatic carbocycles. The minimum absolute atomic E-state index is 0.230. The van der Waals surface area contributed by atoms with E-state index >= 15 is 0 Å². The fourth-order valence-electron chi connectivity index (χ4n) is 1.08. The first-order valence-electron chi connectivity index (χ1n) is 5.41. The highest BCUT2D eigenvalue weighted by Gasteiger charge is 2.01. The van der Waals surface area contributed by atoms with Crippen LogP contribution >= 0.6 is 11.6 Å². The maximum Gasteiger partial charge on any atom is 0.0998 e. The van der Waals surface area contributed by atoms with E-state index in [9.17, 15) is 0 Å². The van der Waals surface area contributed by atoms with Crippen molar-refractivity contribution < 1.29 is 0 Å². The molecule has 0 aliphatic carbocycles. The molecule has 0 radical (unpaired) electrons. The Bertz CT molecular complexity index is 302. The molecule has 4 N–H and O–H groups in total. The molecule has 0 amide bonds. The van der Waals surface area contributed by atoms with E-state index in [4.69, 9.17) is 23.1 Å². The van der Waals surface area contributed by atoms with Gasteiger partial charge in [0.25, 0.3) is 0 Å². The lowest BCUT2D eigenvalue weighted by molar-refractivity contribution is 1.24. The van der Waals surface area contributed by atoms with Crippen LogP contribution < -0.4 is 11.5 Å². The maximum atomic E-state index is 5.74. The van der Waals surface area contributed by atoms with E-state index in [0.717, 1.165) is 11.1 Å². The van der Waals surface area contributed by atoms with E-state index in [2.05, 4.69) is 0 Å². The molecule has 0 bridgehead atoms. The van der Waals surface area contributed by atoms with E-state index in [1.54, 1.807) is 6.08 Å². The lowest BCUT2D eigenvalue weighted by atomic mass is 10.0. The van der Waals surface area contributed by atoms with Gasteiger partial charge >= 0.3 is 0 Å². The molecule has 0 rings (SSSR count). The Kier molecular flexibility index (Phi) is 11.2. The van der Waals surface area contributed by atoms with Gasteiger partial charge in [-0.25, -0.2) is 0 Å². The van der Waals surface area contributed by atoms with Crippen LogP contribution in [0.15, 0.2) is 46.3 Å². The first-order valence-corrected chi connectivity index (χ1v) is 5.79. The minimum Gasteiger partial charge on any atom is -0.402 e. The van der Waals surface area contributed by atoms with Gasteiger partial charge in [-0.3, -0.25) is 0 Å². The summed E-state index contributed by atoms with van der Waals surface area (Å²) in [6.45, 7) is 9.70. The van der Waals surface area contributed by atoms with Crippen LogP contribution in [0, 0.1) is 0 Å². The fourth-order valence-corrected chi connectivity index (χ4v) is 1.19. The molecule has 16 heavy (non-hydrogen) atoms. The number of allylic oxidation sites excluding steroid dienone is 7. The Morgan fingerprint density at radius 1 is 1.12 bits per heavy atom. The zero-order chi connectivity index (χ0) is 13.1. The number of halogens is 1. The molecular weight excluding hydrogens is 220 g/mol. The molecule has 0 saturated heterocycles. The zero-order valence-corrected chi connectivity index (χ0v) is 11.6. The summed E-state index contributed by atoms with van der Waals surface area (Å²) >= 11 is 5.62. The fraction of sp³-hybridized carbons (Fsp3) is 0.385. The lowest BCUT2D eigenvalue weighted by Crippen LogP contribution is -2.00. The molecule has 0 atom stereocenters. The van der Waals surface area contributed by atoms with Crippen LogP contribution in [-0.4, -0.2) is 0 Å². The van der Waals surface area contributed by atoms with Crippen LogP contribution in [0.1, 0.15) is 34.6 Å².